The molecule has 0 radical (unpaired) electrons. The molecule has 0 aliphatic carbocycles. The highest BCUT2D eigenvalue weighted by Crippen LogP contribution is 2.16. The molecule has 16 heavy (non-hydrogen) atoms. The highest BCUT2D eigenvalue weighted by Gasteiger charge is 2.10. The molecule has 0 spiro atoms. The van der Waals surface area contributed by atoms with Gasteiger partial charge in [-0.05, 0) is 30.7 Å². The van der Waals surface area contributed by atoms with Crippen LogP contribution in [0.1, 0.15) is 15.9 Å². The van der Waals surface area contributed by atoms with Crippen LogP contribution < -0.4 is 11.1 Å². The molecule has 0 unspecified atom stereocenters. The standard InChI is InChI=1S/C12H19N3O/c1-9-8-10(14-7-6-13)4-5-11(9)12(16)15(2)3/h4-5,8,14H,6-7,13H2,1-3H3. The van der Waals surface area contributed by atoms with Gasteiger partial charge in [-0.3, -0.25) is 4.79 Å². The fourth-order valence-electron chi connectivity index (χ4n) is 1.47. The average Bonchev–Trinajstić information content (AvgIpc) is 2.25. The molecule has 1 rings (SSSR count). The van der Waals surface area contributed by atoms with Crippen LogP contribution in [0.3, 0.4) is 0 Å². The summed E-state index contributed by atoms with van der Waals surface area (Å²) in [6.07, 6.45) is 0. The van der Waals surface area contributed by atoms with E-state index in [9.17, 15) is 4.79 Å². The lowest BCUT2D eigenvalue weighted by Crippen LogP contribution is -2.22. The minimum absolute atomic E-state index is 0.0304. The molecular formula is C12H19N3O. The lowest BCUT2D eigenvalue weighted by Gasteiger charge is -2.13. The number of nitrogens with two attached hydrogens (primary N) is 1. The van der Waals surface area contributed by atoms with Crippen molar-refractivity contribution in [1.82, 2.24) is 4.90 Å². The van der Waals surface area contributed by atoms with E-state index in [1.54, 1.807) is 19.0 Å². The average molecular weight is 221 g/mol. The number of nitrogens with one attached hydrogen (secondary N) is 1. The minimum atomic E-state index is 0.0304. The topological polar surface area (TPSA) is 58.4 Å². The molecule has 0 aliphatic rings. The summed E-state index contributed by atoms with van der Waals surface area (Å²) in [5, 5.41) is 3.18. The highest BCUT2D eigenvalue weighted by atomic mass is 16.2. The van der Waals surface area contributed by atoms with Crippen LogP contribution in [0.2, 0.25) is 0 Å². The van der Waals surface area contributed by atoms with Gasteiger partial charge in [0.15, 0.2) is 0 Å². The zero-order valence-electron chi connectivity index (χ0n) is 10.1. The Hall–Kier alpha value is -1.55. The summed E-state index contributed by atoms with van der Waals surface area (Å²) >= 11 is 0. The third-order valence-corrected chi connectivity index (χ3v) is 2.34. The second-order valence-corrected chi connectivity index (χ2v) is 3.94. The lowest BCUT2D eigenvalue weighted by atomic mass is 10.1. The molecular weight excluding hydrogens is 202 g/mol. The Morgan fingerprint density at radius 2 is 2.12 bits per heavy atom. The first-order valence-electron chi connectivity index (χ1n) is 5.32. The van der Waals surface area contributed by atoms with Gasteiger partial charge in [0.05, 0.1) is 0 Å². The number of carbonyl (C=O) groups excluding carboxylic acids is 1. The molecule has 0 heterocycles. The minimum Gasteiger partial charge on any atom is -0.384 e. The Morgan fingerprint density at radius 1 is 1.44 bits per heavy atom. The fraction of sp³-hybridized carbons (Fsp3) is 0.417. The van der Waals surface area contributed by atoms with Crippen LogP contribution in [0.4, 0.5) is 5.69 Å². The van der Waals surface area contributed by atoms with Gasteiger partial charge in [0.25, 0.3) is 5.91 Å². The Kier molecular flexibility index (Phi) is 4.31. The summed E-state index contributed by atoms with van der Waals surface area (Å²) in [7, 11) is 3.50. The Labute approximate surface area is 96.4 Å². The maximum atomic E-state index is 11.8. The highest BCUT2D eigenvalue weighted by molar-refractivity contribution is 5.95. The van der Waals surface area contributed by atoms with Gasteiger partial charge in [0.1, 0.15) is 0 Å². The number of benzene rings is 1. The monoisotopic (exact) mass is 221 g/mol. The van der Waals surface area contributed by atoms with E-state index < -0.39 is 0 Å². The van der Waals surface area contributed by atoms with Gasteiger partial charge in [-0.2, -0.15) is 0 Å². The van der Waals surface area contributed by atoms with Crippen LogP contribution in [0.25, 0.3) is 0 Å². The Balaban J connectivity index is 2.87. The predicted octanol–water partition coefficient (Wildman–Crippen LogP) is 1.07. The molecule has 0 aromatic heterocycles. The number of anilines is 1. The van der Waals surface area contributed by atoms with Gasteiger partial charge in [-0.1, -0.05) is 0 Å². The first-order valence-corrected chi connectivity index (χ1v) is 5.32. The number of carbonyl (C=O) groups is 1. The second kappa shape index (κ2) is 5.51. The molecule has 3 N–H and O–H groups in total. The second-order valence-electron chi connectivity index (χ2n) is 3.94. The van der Waals surface area contributed by atoms with Gasteiger partial charge in [0, 0.05) is 38.4 Å². The lowest BCUT2D eigenvalue weighted by molar-refractivity contribution is 0.0827. The first-order chi connectivity index (χ1) is 7.56. The number of amides is 1. The normalized spacial score (nSPS) is 10.0. The van der Waals surface area contributed by atoms with Crippen molar-refractivity contribution < 1.29 is 4.79 Å². The molecule has 1 amide bonds. The maximum absolute atomic E-state index is 11.8. The number of hydrogen-bond acceptors (Lipinski definition) is 3. The predicted molar refractivity (Wildman–Crippen MR) is 66.7 cm³/mol. The summed E-state index contributed by atoms with van der Waals surface area (Å²) < 4.78 is 0. The van der Waals surface area contributed by atoms with Crippen molar-refractivity contribution >= 4 is 11.6 Å². The summed E-state index contributed by atoms with van der Waals surface area (Å²) in [4.78, 5) is 13.4. The van der Waals surface area contributed by atoms with E-state index in [0.29, 0.717) is 6.54 Å². The number of rotatable bonds is 4. The van der Waals surface area contributed by atoms with Gasteiger partial charge in [0.2, 0.25) is 0 Å². The molecule has 0 aliphatic heterocycles. The van der Waals surface area contributed by atoms with Gasteiger partial charge in [-0.25, -0.2) is 0 Å². The van der Waals surface area contributed by atoms with Crippen LogP contribution in [0.15, 0.2) is 18.2 Å². The summed E-state index contributed by atoms with van der Waals surface area (Å²) in [5.74, 6) is 0.0304. The largest absolute Gasteiger partial charge is 0.384 e. The zero-order valence-corrected chi connectivity index (χ0v) is 10.1. The van der Waals surface area contributed by atoms with E-state index in [0.717, 1.165) is 23.4 Å². The third kappa shape index (κ3) is 2.97. The van der Waals surface area contributed by atoms with E-state index in [1.165, 1.54) is 0 Å². The van der Waals surface area contributed by atoms with Crippen molar-refractivity contribution in [2.45, 2.75) is 6.92 Å². The summed E-state index contributed by atoms with van der Waals surface area (Å²) in [6.45, 7) is 3.27. The molecule has 0 saturated heterocycles. The summed E-state index contributed by atoms with van der Waals surface area (Å²) in [5.41, 5.74) is 8.12. The number of hydrogen-bond donors (Lipinski definition) is 2. The molecule has 4 nitrogen and oxygen atoms in total. The molecule has 0 saturated carbocycles. The number of nitrogens with zero attached hydrogens (tertiary/aromatic N) is 1. The van der Waals surface area contributed by atoms with Crippen LogP contribution >= 0.6 is 0 Å². The zero-order chi connectivity index (χ0) is 12.1. The van der Waals surface area contributed by atoms with Crippen molar-refractivity contribution in [3.8, 4) is 0 Å². The summed E-state index contributed by atoms with van der Waals surface area (Å²) in [6, 6.07) is 5.71. The van der Waals surface area contributed by atoms with Gasteiger partial charge < -0.3 is 16.0 Å². The van der Waals surface area contributed by atoms with Crippen molar-refractivity contribution in [3.63, 3.8) is 0 Å². The van der Waals surface area contributed by atoms with E-state index in [-0.39, 0.29) is 5.91 Å². The first kappa shape index (κ1) is 12.5. The fourth-order valence-corrected chi connectivity index (χ4v) is 1.47. The van der Waals surface area contributed by atoms with E-state index in [1.807, 2.05) is 25.1 Å². The quantitative estimate of drug-likeness (QED) is 0.799. The molecule has 88 valence electrons. The van der Waals surface area contributed by atoms with Crippen molar-refractivity contribution in [2.75, 3.05) is 32.5 Å². The van der Waals surface area contributed by atoms with Crippen molar-refractivity contribution in [2.24, 2.45) is 5.73 Å². The SMILES string of the molecule is Cc1cc(NCCN)ccc1C(=O)N(C)C. The van der Waals surface area contributed by atoms with Crippen LogP contribution in [0.5, 0.6) is 0 Å². The van der Waals surface area contributed by atoms with Crippen LogP contribution in [0, 0.1) is 6.92 Å². The van der Waals surface area contributed by atoms with E-state index >= 15 is 0 Å². The van der Waals surface area contributed by atoms with E-state index in [2.05, 4.69) is 5.32 Å². The smallest absolute Gasteiger partial charge is 0.253 e. The maximum Gasteiger partial charge on any atom is 0.253 e. The number of aryl methyl sites for hydroxylation is 1. The van der Waals surface area contributed by atoms with E-state index in [4.69, 9.17) is 5.73 Å². The van der Waals surface area contributed by atoms with Gasteiger partial charge >= 0.3 is 0 Å². The molecule has 1 aromatic rings. The van der Waals surface area contributed by atoms with Gasteiger partial charge in [-0.15, -0.1) is 0 Å². The van der Waals surface area contributed by atoms with Crippen LogP contribution in [-0.4, -0.2) is 38.0 Å². The molecule has 1 aromatic carbocycles. The molecule has 0 atom stereocenters. The molecule has 0 bridgehead atoms. The molecule has 0 fully saturated rings. The third-order valence-electron chi connectivity index (χ3n) is 2.34. The van der Waals surface area contributed by atoms with Crippen LogP contribution in [-0.2, 0) is 0 Å². The molecule has 4 heteroatoms. The Bertz CT molecular complexity index is 375. The Morgan fingerprint density at radius 3 is 2.62 bits per heavy atom. The van der Waals surface area contributed by atoms with Crippen molar-refractivity contribution in [1.29, 1.82) is 0 Å². The van der Waals surface area contributed by atoms with Crippen molar-refractivity contribution in [3.05, 3.63) is 29.3 Å².